The number of phenolic OH excluding ortho intramolecular Hbond substituents is 1. The van der Waals surface area contributed by atoms with E-state index in [0.717, 1.165) is 42.9 Å². The van der Waals surface area contributed by atoms with Crippen LogP contribution >= 0.6 is 0 Å². The highest BCUT2D eigenvalue weighted by molar-refractivity contribution is 6.05. The molecule has 0 saturated carbocycles. The summed E-state index contributed by atoms with van der Waals surface area (Å²) in [5.41, 5.74) is 2.84. The van der Waals surface area contributed by atoms with Gasteiger partial charge >= 0.3 is 0 Å². The average molecular weight is 244 g/mol. The van der Waals surface area contributed by atoms with Crippen molar-refractivity contribution in [3.63, 3.8) is 0 Å². The Balaban J connectivity index is 1.96. The van der Waals surface area contributed by atoms with Gasteiger partial charge in [-0.05, 0) is 36.6 Å². The van der Waals surface area contributed by atoms with E-state index in [1.807, 2.05) is 18.2 Å². The van der Waals surface area contributed by atoms with Gasteiger partial charge in [0.25, 0.3) is 0 Å². The molecule has 2 bridgehead atoms. The fourth-order valence-corrected chi connectivity index (χ4v) is 2.79. The number of hydrogen-bond donors (Lipinski definition) is 2. The Hall–Kier alpha value is -1.97. The molecule has 94 valence electrons. The van der Waals surface area contributed by atoms with E-state index in [9.17, 15) is 10.3 Å². The summed E-state index contributed by atoms with van der Waals surface area (Å²) < 4.78 is 0. The molecule has 4 heteroatoms. The minimum absolute atomic E-state index is 0.263. The molecule has 4 nitrogen and oxygen atoms in total. The molecule has 4 rings (SSSR count). The molecule has 0 spiro atoms. The van der Waals surface area contributed by atoms with E-state index >= 15 is 0 Å². The highest BCUT2D eigenvalue weighted by atomic mass is 16.4. The number of benzene rings is 1. The molecule has 18 heavy (non-hydrogen) atoms. The minimum atomic E-state index is 0.263. The van der Waals surface area contributed by atoms with Crippen molar-refractivity contribution in [2.24, 2.45) is 11.1 Å². The van der Waals surface area contributed by atoms with Crippen molar-refractivity contribution in [2.45, 2.75) is 12.8 Å². The molecule has 0 amide bonds. The van der Waals surface area contributed by atoms with E-state index in [-0.39, 0.29) is 5.75 Å². The van der Waals surface area contributed by atoms with E-state index < -0.39 is 0 Å². The fourth-order valence-electron chi connectivity index (χ4n) is 2.79. The van der Waals surface area contributed by atoms with Crippen molar-refractivity contribution < 1.29 is 10.3 Å². The SMILES string of the molecule is ON=C1/C(=C/c2ccc(O)cc2)N2CCC1CC2. The van der Waals surface area contributed by atoms with Gasteiger partial charge in [-0.15, -0.1) is 0 Å². The zero-order valence-corrected chi connectivity index (χ0v) is 10.1. The highest BCUT2D eigenvalue weighted by Gasteiger charge is 2.35. The molecule has 3 aliphatic heterocycles. The van der Waals surface area contributed by atoms with Crippen molar-refractivity contribution in [2.75, 3.05) is 13.1 Å². The molecule has 1 aromatic carbocycles. The maximum Gasteiger partial charge on any atom is 0.115 e. The van der Waals surface area contributed by atoms with Crippen LogP contribution in [0.1, 0.15) is 18.4 Å². The summed E-state index contributed by atoms with van der Waals surface area (Å²) in [4.78, 5) is 2.27. The monoisotopic (exact) mass is 244 g/mol. The molecular formula is C14H16N2O2. The number of phenols is 1. The molecular weight excluding hydrogens is 228 g/mol. The molecule has 1 aromatic rings. The molecule has 2 N–H and O–H groups in total. The van der Waals surface area contributed by atoms with Crippen molar-refractivity contribution in [3.05, 3.63) is 35.5 Å². The molecule has 0 radical (unpaired) electrons. The maximum atomic E-state index is 9.27. The van der Waals surface area contributed by atoms with Gasteiger partial charge in [0.1, 0.15) is 11.5 Å². The van der Waals surface area contributed by atoms with Crippen molar-refractivity contribution in [3.8, 4) is 5.75 Å². The number of rotatable bonds is 1. The van der Waals surface area contributed by atoms with Gasteiger partial charge in [0.2, 0.25) is 0 Å². The first-order chi connectivity index (χ1) is 8.78. The van der Waals surface area contributed by atoms with Crippen LogP contribution in [0.2, 0.25) is 0 Å². The van der Waals surface area contributed by atoms with E-state index in [2.05, 4.69) is 10.1 Å². The zero-order chi connectivity index (χ0) is 12.5. The Morgan fingerprint density at radius 1 is 1.17 bits per heavy atom. The van der Waals surface area contributed by atoms with Gasteiger partial charge in [-0.25, -0.2) is 0 Å². The first kappa shape index (κ1) is 11.1. The Morgan fingerprint density at radius 2 is 1.83 bits per heavy atom. The number of nitrogens with zero attached hydrogens (tertiary/aromatic N) is 2. The lowest BCUT2D eigenvalue weighted by Gasteiger charge is -2.42. The van der Waals surface area contributed by atoms with Crippen LogP contribution in [-0.2, 0) is 0 Å². The van der Waals surface area contributed by atoms with Crippen molar-refractivity contribution >= 4 is 11.8 Å². The Morgan fingerprint density at radius 3 is 2.44 bits per heavy atom. The van der Waals surface area contributed by atoms with Crippen molar-refractivity contribution in [1.82, 2.24) is 4.90 Å². The average Bonchev–Trinajstić information content (AvgIpc) is 2.42. The molecule has 3 heterocycles. The molecule has 0 atom stereocenters. The Labute approximate surface area is 106 Å². The molecule has 3 saturated heterocycles. The summed E-state index contributed by atoms with van der Waals surface area (Å²) in [6, 6.07) is 7.05. The maximum absolute atomic E-state index is 9.27. The predicted molar refractivity (Wildman–Crippen MR) is 69.6 cm³/mol. The van der Waals surface area contributed by atoms with Gasteiger partial charge in [-0.2, -0.15) is 0 Å². The van der Waals surface area contributed by atoms with Crippen LogP contribution in [0.25, 0.3) is 6.08 Å². The van der Waals surface area contributed by atoms with Crippen LogP contribution in [0, 0.1) is 5.92 Å². The molecule has 0 unspecified atom stereocenters. The number of fused-ring (bicyclic) bond motifs is 3. The normalized spacial score (nSPS) is 24.1. The topological polar surface area (TPSA) is 56.1 Å². The minimum Gasteiger partial charge on any atom is -0.508 e. The first-order valence-electron chi connectivity index (χ1n) is 6.26. The van der Waals surface area contributed by atoms with E-state index in [1.165, 1.54) is 0 Å². The van der Waals surface area contributed by atoms with Gasteiger partial charge in [0, 0.05) is 19.0 Å². The van der Waals surface area contributed by atoms with Gasteiger partial charge in [-0.3, -0.25) is 0 Å². The largest absolute Gasteiger partial charge is 0.508 e. The Bertz CT molecular complexity index is 497. The van der Waals surface area contributed by atoms with Crippen LogP contribution < -0.4 is 0 Å². The fraction of sp³-hybridized carbons (Fsp3) is 0.357. The number of oxime groups is 1. The second-order valence-corrected chi connectivity index (χ2v) is 4.87. The summed E-state index contributed by atoms with van der Waals surface area (Å²) >= 11 is 0. The second-order valence-electron chi connectivity index (χ2n) is 4.87. The Kier molecular flexibility index (Phi) is 2.70. The molecule has 0 aromatic heterocycles. The lowest BCUT2D eigenvalue weighted by Crippen LogP contribution is -2.46. The lowest BCUT2D eigenvalue weighted by molar-refractivity contribution is 0.229. The van der Waals surface area contributed by atoms with Crippen LogP contribution in [0.4, 0.5) is 0 Å². The van der Waals surface area contributed by atoms with E-state index in [0.29, 0.717) is 5.92 Å². The quantitative estimate of drug-likeness (QED) is 0.588. The first-order valence-corrected chi connectivity index (χ1v) is 6.26. The van der Waals surface area contributed by atoms with Gasteiger partial charge in [0.05, 0.1) is 5.70 Å². The van der Waals surface area contributed by atoms with Crippen LogP contribution in [0.3, 0.4) is 0 Å². The molecule has 0 aliphatic carbocycles. The molecule has 3 fully saturated rings. The summed E-state index contributed by atoms with van der Waals surface area (Å²) in [6.45, 7) is 2.07. The highest BCUT2D eigenvalue weighted by Crippen LogP contribution is 2.33. The van der Waals surface area contributed by atoms with E-state index in [4.69, 9.17) is 0 Å². The third-order valence-electron chi connectivity index (χ3n) is 3.79. The second kappa shape index (κ2) is 4.37. The van der Waals surface area contributed by atoms with E-state index in [1.54, 1.807) is 12.1 Å². The summed E-state index contributed by atoms with van der Waals surface area (Å²) in [5.74, 6) is 0.655. The lowest BCUT2D eigenvalue weighted by atomic mass is 9.83. The number of allylic oxidation sites excluding steroid dienone is 1. The predicted octanol–water partition coefficient (Wildman–Crippen LogP) is 2.29. The van der Waals surface area contributed by atoms with Crippen LogP contribution in [0.15, 0.2) is 35.1 Å². The van der Waals surface area contributed by atoms with Crippen molar-refractivity contribution in [1.29, 1.82) is 0 Å². The number of hydrogen-bond acceptors (Lipinski definition) is 4. The molecule has 3 aliphatic rings. The summed E-state index contributed by atoms with van der Waals surface area (Å²) in [5, 5.41) is 21.9. The van der Waals surface area contributed by atoms with Gasteiger partial charge in [-0.1, -0.05) is 17.3 Å². The number of aromatic hydroxyl groups is 1. The summed E-state index contributed by atoms with van der Waals surface area (Å²) in [7, 11) is 0. The van der Waals surface area contributed by atoms with Crippen LogP contribution in [0.5, 0.6) is 5.75 Å². The van der Waals surface area contributed by atoms with Crippen LogP contribution in [-0.4, -0.2) is 34.0 Å². The smallest absolute Gasteiger partial charge is 0.115 e. The van der Waals surface area contributed by atoms with Gasteiger partial charge < -0.3 is 15.2 Å². The number of piperidine rings is 3. The van der Waals surface area contributed by atoms with Gasteiger partial charge in [0.15, 0.2) is 0 Å². The zero-order valence-electron chi connectivity index (χ0n) is 10.1. The third kappa shape index (κ3) is 1.83. The third-order valence-corrected chi connectivity index (χ3v) is 3.79. The summed E-state index contributed by atoms with van der Waals surface area (Å²) in [6.07, 6.45) is 4.18. The standard InChI is InChI=1S/C14H16N2O2/c17-12-3-1-10(2-4-12)9-13-14(15-18)11-5-7-16(13)8-6-11/h1-4,9,11,17-18H,5-8H2/b13-9-,15-14?.